The van der Waals surface area contributed by atoms with E-state index in [1.807, 2.05) is 30.3 Å². The van der Waals surface area contributed by atoms with Gasteiger partial charge in [-0.25, -0.2) is 0 Å². The number of nitrogens with one attached hydrogen (secondary N) is 2. The standard InChI is InChI=1S/C22H21N3O3/c23-21(24)17-5-4-8-20(15-17)27-14-13-25-22(26)16-9-11-19(12-10-16)28-18-6-2-1-3-7-18/h1-12,15H,13-14H2,(H3,23,24)(H,25,26). The number of ether oxygens (including phenoxy) is 2. The van der Waals surface area contributed by atoms with Crippen molar-refractivity contribution in [3.63, 3.8) is 0 Å². The molecule has 0 aliphatic rings. The van der Waals surface area contributed by atoms with E-state index in [0.717, 1.165) is 5.75 Å². The van der Waals surface area contributed by atoms with Gasteiger partial charge in [0.1, 0.15) is 29.7 Å². The summed E-state index contributed by atoms with van der Waals surface area (Å²) in [7, 11) is 0. The summed E-state index contributed by atoms with van der Waals surface area (Å²) in [6.45, 7) is 0.660. The van der Waals surface area contributed by atoms with Gasteiger partial charge in [0.25, 0.3) is 5.91 Å². The number of nitrogen functional groups attached to an aromatic ring is 1. The second-order valence-corrected chi connectivity index (χ2v) is 5.99. The minimum atomic E-state index is -0.188. The molecule has 0 spiro atoms. The fraction of sp³-hybridized carbons (Fsp3) is 0.0909. The van der Waals surface area contributed by atoms with Crippen LogP contribution in [0.3, 0.4) is 0 Å². The van der Waals surface area contributed by atoms with Crippen molar-refractivity contribution in [2.45, 2.75) is 0 Å². The molecule has 6 heteroatoms. The van der Waals surface area contributed by atoms with Crippen LogP contribution >= 0.6 is 0 Å². The first-order valence-corrected chi connectivity index (χ1v) is 8.80. The van der Waals surface area contributed by atoms with Crippen LogP contribution in [0.25, 0.3) is 0 Å². The van der Waals surface area contributed by atoms with Crippen LogP contribution in [0.2, 0.25) is 0 Å². The molecule has 0 atom stereocenters. The monoisotopic (exact) mass is 375 g/mol. The van der Waals surface area contributed by atoms with Gasteiger partial charge in [-0.1, -0.05) is 30.3 Å². The minimum Gasteiger partial charge on any atom is -0.492 e. The number of amides is 1. The molecular weight excluding hydrogens is 354 g/mol. The highest BCUT2D eigenvalue weighted by atomic mass is 16.5. The summed E-state index contributed by atoms with van der Waals surface area (Å²) in [5.74, 6) is 1.80. The van der Waals surface area contributed by atoms with Crippen molar-refractivity contribution in [2.75, 3.05) is 13.2 Å². The van der Waals surface area contributed by atoms with Crippen LogP contribution in [0.15, 0.2) is 78.9 Å². The quantitative estimate of drug-likeness (QED) is 0.318. The van der Waals surface area contributed by atoms with Gasteiger partial charge in [0.2, 0.25) is 0 Å². The molecule has 3 aromatic rings. The van der Waals surface area contributed by atoms with Crippen molar-refractivity contribution in [1.82, 2.24) is 5.32 Å². The number of benzene rings is 3. The van der Waals surface area contributed by atoms with Crippen molar-refractivity contribution in [3.05, 3.63) is 90.0 Å². The van der Waals surface area contributed by atoms with Crippen LogP contribution in [0, 0.1) is 5.41 Å². The van der Waals surface area contributed by atoms with Crippen molar-refractivity contribution in [3.8, 4) is 17.2 Å². The Kier molecular flexibility index (Phi) is 6.25. The highest BCUT2D eigenvalue weighted by molar-refractivity contribution is 5.95. The molecule has 0 unspecified atom stereocenters. The molecule has 0 saturated carbocycles. The Morgan fingerprint density at radius 3 is 2.25 bits per heavy atom. The third kappa shape index (κ3) is 5.35. The first kappa shape index (κ1) is 19.0. The SMILES string of the molecule is N=C(N)c1cccc(OCCNC(=O)c2ccc(Oc3ccccc3)cc2)c1. The molecule has 0 saturated heterocycles. The Morgan fingerprint density at radius 2 is 1.54 bits per heavy atom. The molecule has 1 amide bonds. The number of hydrogen-bond donors (Lipinski definition) is 3. The smallest absolute Gasteiger partial charge is 0.251 e. The van der Waals surface area contributed by atoms with Crippen LogP contribution in [-0.4, -0.2) is 24.9 Å². The Hall–Kier alpha value is -3.80. The van der Waals surface area contributed by atoms with Crippen molar-refractivity contribution >= 4 is 11.7 Å². The summed E-state index contributed by atoms with van der Waals surface area (Å²) in [4.78, 5) is 12.2. The van der Waals surface area contributed by atoms with E-state index < -0.39 is 0 Å². The lowest BCUT2D eigenvalue weighted by Gasteiger charge is -2.09. The van der Waals surface area contributed by atoms with Crippen LogP contribution in [0.4, 0.5) is 0 Å². The summed E-state index contributed by atoms with van der Waals surface area (Å²) >= 11 is 0. The summed E-state index contributed by atoms with van der Waals surface area (Å²) in [5.41, 5.74) is 6.59. The maximum absolute atomic E-state index is 12.2. The number of hydrogen-bond acceptors (Lipinski definition) is 4. The molecule has 0 radical (unpaired) electrons. The maximum atomic E-state index is 12.2. The summed E-state index contributed by atoms with van der Waals surface area (Å²) in [6, 6.07) is 23.4. The van der Waals surface area contributed by atoms with E-state index in [1.165, 1.54) is 0 Å². The van der Waals surface area contributed by atoms with Gasteiger partial charge in [0.05, 0.1) is 6.54 Å². The van der Waals surface area contributed by atoms with Crippen LogP contribution in [0.5, 0.6) is 17.2 Å². The molecule has 0 bridgehead atoms. The third-order valence-corrected chi connectivity index (χ3v) is 3.90. The Labute approximate surface area is 163 Å². The molecule has 0 fully saturated rings. The average Bonchev–Trinajstić information content (AvgIpc) is 2.72. The zero-order chi connectivity index (χ0) is 19.8. The number of nitrogens with two attached hydrogens (primary N) is 1. The average molecular weight is 375 g/mol. The fourth-order valence-electron chi connectivity index (χ4n) is 2.49. The van der Waals surface area contributed by atoms with E-state index in [2.05, 4.69) is 5.32 Å². The molecule has 4 N–H and O–H groups in total. The first-order valence-electron chi connectivity index (χ1n) is 8.80. The Bertz CT molecular complexity index is 941. The normalized spacial score (nSPS) is 10.1. The van der Waals surface area contributed by atoms with Crippen molar-refractivity contribution in [1.29, 1.82) is 5.41 Å². The molecule has 6 nitrogen and oxygen atoms in total. The predicted molar refractivity (Wildman–Crippen MR) is 108 cm³/mol. The number of carbonyl (C=O) groups is 1. The molecule has 0 aliphatic carbocycles. The van der Waals surface area contributed by atoms with Gasteiger partial charge >= 0.3 is 0 Å². The summed E-state index contributed by atoms with van der Waals surface area (Å²) in [5, 5.41) is 10.2. The van der Waals surface area contributed by atoms with E-state index in [9.17, 15) is 4.79 Å². The highest BCUT2D eigenvalue weighted by Gasteiger charge is 2.06. The van der Waals surface area contributed by atoms with Gasteiger partial charge < -0.3 is 20.5 Å². The van der Waals surface area contributed by atoms with Crippen LogP contribution < -0.4 is 20.5 Å². The molecule has 0 aromatic heterocycles. The number of para-hydroxylation sites is 1. The van der Waals surface area contributed by atoms with E-state index in [1.54, 1.807) is 48.5 Å². The summed E-state index contributed by atoms with van der Waals surface area (Å²) in [6.07, 6.45) is 0. The molecule has 3 aromatic carbocycles. The Balaban J connectivity index is 1.46. The lowest BCUT2D eigenvalue weighted by Crippen LogP contribution is -2.28. The van der Waals surface area contributed by atoms with E-state index >= 15 is 0 Å². The lowest BCUT2D eigenvalue weighted by molar-refractivity contribution is 0.0947. The minimum absolute atomic E-state index is 0.0153. The van der Waals surface area contributed by atoms with Crippen LogP contribution in [-0.2, 0) is 0 Å². The first-order chi connectivity index (χ1) is 13.6. The van der Waals surface area contributed by atoms with Gasteiger partial charge in [0.15, 0.2) is 0 Å². The molecule has 0 aliphatic heterocycles. The van der Waals surface area contributed by atoms with E-state index in [0.29, 0.717) is 35.8 Å². The molecule has 28 heavy (non-hydrogen) atoms. The lowest BCUT2D eigenvalue weighted by atomic mass is 10.2. The second-order valence-electron chi connectivity index (χ2n) is 5.99. The topological polar surface area (TPSA) is 97.4 Å². The third-order valence-electron chi connectivity index (χ3n) is 3.90. The number of rotatable bonds is 8. The largest absolute Gasteiger partial charge is 0.492 e. The van der Waals surface area contributed by atoms with E-state index in [-0.39, 0.29) is 11.7 Å². The molecule has 3 rings (SSSR count). The van der Waals surface area contributed by atoms with Gasteiger partial charge in [-0.3, -0.25) is 10.2 Å². The van der Waals surface area contributed by atoms with Crippen molar-refractivity contribution < 1.29 is 14.3 Å². The van der Waals surface area contributed by atoms with Gasteiger partial charge in [-0.05, 0) is 48.5 Å². The van der Waals surface area contributed by atoms with Gasteiger partial charge in [0, 0.05) is 11.1 Å². The fourth-order valence-corrected chi connectivity index (χ4v) is 2.49. The number of amidine groups is 1. The molecule has 142 valence electrons. The maximum Gasteiger partial charge on any atom is 0.251 e. The highest BCUT2D eigenvalue weighted by Crippen LogP contribution is 2.21. The zero-order valence-corrected chi connectivity index (χ0v) is 15.2. The zero-order valence-electron chi connectivity index (χ0n) is 15.2. The van der Waals surface area contributed by atoms with E-state index in [4.69, 9.17) is 20.6 Å². The Morgan fingerprint density at radius 1 is 0.857 bits per heavy atom. The second kappa shape index (κ2) is 9.23. The molecular formula is C22H21N3O3. The predicted octanol–water partition coefficient (Wildman–Crippen LogP) is 3.57. The van der Waals surface area contributed by atoms with Crippen molar-refractivity contribution in [2.24, 2.45) is 5.73 Å². The number of carbonyl (C=O) groups excluding carboxylic acids is 1. The summed E-state index contributed by atoms with van der Waals surface area (Å²) < 4.78 is 11.3. The van der Waals surface area contributed by atoms with Crippen LogP contribution in [0.1, 0.15) is 15.9 Å². The van der Waals surface area contributed by atoms with Gasteiger partial charge in [-0.15, -0.1) is 0 Å². The molecule has 0 heterocycles. The van der Waals surface area contributed by atoms with Gasteiger partial charge in [-0.2, -0.15) is 0 Å².